The first-order valence-electron chi connectivity index (χ1n) is 7.59. The molecule has 2 N–H and O–H groups in total. The number of carbonyl (C=O) groups excluding carboxylic acids is 1. The topological polar surface area (TPSA) is 67.8 Å². The van der Waals surface area contributed by atoms with Crippen LogP contribution < -0.4 is 5.32 Å². The van der Waals surface area contributed by atoms with Gasteiger partial charge in [-0.1, -0.05) is 0 Å². The van der Waals surface area contributed by atoms with E-state index in [1.54, 1.807) is 0 Å². The molecular formula is C15H31NO4. The third-order valence-electron chi connectivity index (χ3n) is 3.37. The highest BCUT2D eigenvalue weighted by Crippen LogP contribution is 2.24. The van der Waals surface area contributed by atoms with Crippen LogP contribution in [-0.2, 0) is 9.47 Å². The third-order valence-corrected chi connectivity index (χ3v) is 3.37. The van der Waals surface area contributed by atoms with Crippen molar-refractivity contribution < 1.29 is 20.8 Å². The first kappa shape index (κ1) is 17.2. The molecule has 0 aromatic carbocycles. The molecule has 0 unspecified atom stereocenters. The van der Waals surface area contributed by atoms with Crippen LogP contribution >= 0.6 is 0 Å². The first-order chi connectivity index (χ1) is 9.40. The van der Waals surface area contributed by atoms with E-state index in [0.717, 1.165) is 32.3 Å². The average Bonchev–Trinajstić information content (AvgIpc) is 2.34. The second-order valence-electron chi connectivity index (χ2n) is 6.52. The van der Waals surface area contributed by atoms with Gasteiger partial charge in [-0.15, -0.1) is 0 Å². The number of hydrogen-bond donors (Lipinski definition) is 2. The molecular weight excluding hydrogens is 258 g/mol. The maximum Gasteiger partial charge on any atom is 0.407 e. The summed E-state index contributed by atoms with van der Waals surface area (Å²) in [6.45, 7) is 7.19. The average molecular weight is 289 g/mol. The molecule has 0 radical (unpaired) electrons. The minimum atomic E-state index is -0.443. The van der Waals surface area contributed by atoms with E-state index in [1.165, 1.54) is 0 Å². The fraction of sp³-hybridized carbons (Fsp3) is 0.933. The molecule has 0 aliphatic heterocycles. The van der Waals surface area contributed by atoms with Crippen molar-refractivity contribution in [2.45, 2.75) is 64.5 Å². The van der Waals surface area contributed by atoms with Crippen molar-refractivity contribution in [2.24, 2.45) is 5.92 Å². The summed E-state index contributed by atoms with van der Waals surface area (Å²) in [6.07, 6.45) is 4.48. The third kappa shape index (κ3) is 7.70. The lowest BCUT2D eigenvalue weighted by Gasteiger charge is -2.30. The van der Waals surface area contributed by atoms with Crippen LogP contribution in [0.4, 0.5) is 4.79 Å². The summed E-state index contributed by atoms with van der Waals surface area (Å²) in [4.78, 5) is 11.7. The molecule has 0 aromatic heterocycles. The second-order valence-corrected chi connectivity index (χ2v) is 6.52. The molecule has 0 saturated heterocycles. The Morgan fingerprint density at radius 3 is 2.50 bits per heavy atom. The van der Waals surface area contributed by atoms with Crippen molar-refractivity contribution in [3.8, 4) is 0 Å². The SMILES string of the molecule is CC(C)(C)OC(=O)NC1CCC(COCCCO)CC1.[HH]. The van der Waals surface area contributed by atoms with Crippen molar-refractivity contribution in [2.75, 3.05) is 19.8 Å². The summed E-state index contributed by atoms with van der Waals surface area (Å²) < 4.78 is 10.8. The molecule has 5 nitrogen and oxygen atoms in total. The molecule has 5 heteroatoms. The van der Waals surface area contributed by atoms with E-state index in [9.17, 15) is 4.79 Å². The van der Waals surface area contributed by atoms with E-state index in [0.29, 0.717) is 18.9 Å². The zero-order valence-electron chi connectivity index (χ0n) is 13.0. The Kier molecular flexibility index (Phi) is 7.30. The molecule has 120 valence electrons. The number of ether oxygens (including phenoxy) is 2. The minimum absolute atomic E-state index is 0. The van der Waals surface area contributed by atoms with Gasteiger partial charge in [0.05, 0.1) is 0 Å². The van der Waals surface area contributed by atoms with E-state index < -0.39 is 5.60 Å². The van der Waals surface area contributed by atoms with Crippen molar-refractivity contribution in [3.05, 3.63) is 0 Å². The van der Waals surface area contributed by atoms with Crippen LogP contribution in [0, 0.1) is 5.92 Å². The summed E-state index contributed by atoms with van der Waals surface area (Å²) in [5.41, 5.74) is -0.443. The van der Waals surface area contributed by atoms with Gasteiger partial charge in [0.1, 0.15) is 5.60 Å². The minimum Gasteiger partial charge on any atom is -0.444 e. The highest BCUT2D eigenvalue weighted by Gasteiger charge is 2.24. The van der Waals surface area contributed by atoms with Gasteiger partial charge < -0.3 is 19.9 Å². The number of nitrogens with one attached hydrogen (secondary N) is 1. The summed E-state index contributed by atoms with van der Waals surface area (Å²) in [5.74, 6) is 0.574. The summed E-state index contributed by atoms with van der Waals surface area (Å²) in [7, 11) is 0. The number of aliphatic hydroxyl groups is 1. The molecule has 0 aromatic rings. The number of aliphatic hydroxyl groups excluding tert-OH is 1. The zero-order valence-corrected chi connectivity index (χ0v) is 13.0. The van der Waals surface area contributed by atoms with Gasteiger partial charge in [0.2, 0.25) is 0 Å². The van der Waals surface area contributed by atoms with Gasteiger partial charge in [0.15, 0.2) is 0 Å². The van der Waals surface area contributed by atoms with Crippen molar-refractivity contribution >= 4 is 6.09 Å². The summed E-state index contributed by atoms with van der Waals surface area (Å²) in [5, 5.41) is 11.6. The number of amides is 1. The van der Waals surface area contributed by atoms with E-state index in [1.807, 2.05) is 20.8 Å². The molecule has 1 saturated carbocycles. The van der Waals surface area contributed by atoms with Crippen molar-refractivity contribution in [1.29, 1.82) is 0 Å². The quantitative estimate of drug-likeness (QED) is 0.738. The Bertz CT molecular complexity index is 286. The lowest BCUT2D eigenvalue weighted by atomic mass is 9.86. The maximum atomic E-state index is 11.7. The molecule has 0 atom stereocenters. The van der Waals surface area contributed by atoms with E-state index >= 15 is 0 Å². The normalized spacial score (nSPS) is 23.4. The Labute approximate surface area is 123 Å². The second kappa shape index (κ2) is 8.47. The number of hydrogen-bond acceptors (Lipinski definition) is 4. The number of alkyl carbamates (subject to hydrolysis) is 1. The lowest BCUT2D eigenvalue weighted by molar-refractivity contribution is 0.0457. The standard InChI is InChI=1S/C15H29NO4.H2/c1-15(2,3)20-14(18)16-13-7-5-12(6-8-13)11-19-10-4-9-17;/h12-13,17H,4-11H2,1-3H3,(H,16,18);1H. The van der Waals surface area contributed by atoms with Crippen LogP contribution in [0.3, 0.4) is 0 Å². The van der Waals surface area contributed by atoms with Crippen LogP contribution in [0.25, 0.3) is 0 Å². The highest BCUT2D eigenvalue weighted by atomic mass is 16.6. The molecule has 1 fully saturated rings. The van der Waals surface area contributed by atoms with E-state index in [-0.39, 0.29) is 20.2 Å². The zero-order chi connectivity index (χ0) is 15.0. The number of rotatable bonds is 6. The van der Waals surface area contributed by atoms with Crippen LogP contribution in [0.15, 0.2) is 0 Å². The Morgan fingerprint density at radius 1 is 1.30 bits per heavy atom. The van der Waals surface area contributed by atoms with E-state index in [4.69, 9.17) is 14.6 Å². The van der Waals surface area contributed by atoms with Gasteiger partial charge in [-0.3, -0.25) is 0 Å². The van der Waals surface area contributed by atoms with Crippen LogP contribution in [0.1, 0.15) is 54.3 Å². The summed E-state index contributed by atoms with van der Waals surface area (Å²) >= 11 is 0. The molecule has 0 spiro atoms. The van der Waals surface area contributed by atoms with Gasteiger partial charge in [-0.05, 0) is 58.8 Å². The monoisotopic (exact) mass is 289 g/mol. The highest BCUT2D eigenvalue weighted by molar-refractivity contribution is 5.68. The Morgan fingerprint density at radius 2 is 1.95 bits per heavy atom. The van der Waals surface area contributed by atoms with Gasteiger partial charge in [-0.25, -0.2) is 4.79 Å². The fourth-order valence-corrected chi connectivity index (χ4v) is 2.36. The van der Waals surface area contributed by atoms with Gasteiger partial charge >= 0.3 is 6.09 Å². The van der Waals surface area contributed by atoms with Crippen LogP contribution in [0.2, 0.25) is 0 Å². The number of carbonyl (C=O) groups is 1. The molecule has 20 heavy (non-hydrogen) atoms. The van der Waals surface area contributed by atoms with Crippen LogP contribution in [0.5, 0.6) is 0 Å². The molecule has 1 amide bonds. The Hall–Kier alpha value is -0.810. The van der Waals surface area contributed by atoms with Gasteiger partial charge in [0, 0.05) is 27.3 Å². The van der Waals surface area contributed by atoms with Gasteiger partial charge in [-0.2, -0.15) is 0 Å². The lowest BCUT2D eigenvalue weighted by Crippen LogP contribution is -2.41. The van der Waals surface area contributed by atoms with Gasteiger partial charge in [0.25, 0.3) is 0 Å². The van der Waals surface area contributed by atoms with Crippen molar-refractivity contribution in [3.63, 3.8) is 0 Å². The van der Waals surface area contributed by atoms with Crippen molar-refractivity contribution in [1.82, 2.24) is 5.32 Å². The summed E-state index contributed by atoms with van der Waals surface area (Å²) in [6, 6.07) is 0.221. The maximum absolute atomic E-state index is 11.7. The molecule has 1 aliphatic carbocycles. The van der Waals surface area contributed by atoms with E-state index in [2.05, 4.69) is 5.32 Å². The Balaban J connectivity index is 0.00000400. The molecule has 1 rings (SSSR count). The smallest absolute Gasteiger partial charge is 0.407 e. The molecule has 1 aliphatic rings. The molecule has 0 bridgehead atoms. The molecule has 0 heterocycles. The van der Waals surface area contributed by atoms with Crippen LogP contribution in [-0.4, -0.2) is 42.7 Å². The largest absolute Gasteiger partial charge is 0.444 e. The predicted molar refractivity (Wildman–Crippen MR) is 79.8 cm³/mol. The predicted octanol–water partition coefficient (Wildman–Crippen LogP) is 2.71. The first-order valence-corrected chi connectivity index (χ1v) is 7.59. The fourth-order valence-electron chi connectivity index (χ4n) is 2.36.